The van der Waals surface area contributed by atoms with Crippen LogP contribution >= 0.6 is 0 Å². The zero-order valence-corrected chi connectivity index (χ0v) is 9.81. The highest BCUT2D eigenvalue weighted by atomic mass is 16.1. The third-order valence-electron chi connectivity index (χ3n) is 1.82. The van der Waals surface area contributed by atoms with Crippen LogP contribution in [0.2, 0.25) is 0 Å². The molecule has 0 bridgehead atoms. The van der Waals surface area contributed by atoms with Gasteiger partial charge < -0.3 is 4.79 Å². The molecule has 0 aromatic heterocycles. The molecule has 80 valence electrons. The molecule has 0 unspecified atom stereocenters. The summed E-state index contributed by atoms with van der Waals surface area (Å²) in [5.74, 6) is 0.453. The van der Waals surface area contributed by atoms with E-state index in [9.17, 15) is 9.59 Å². The summed E-state index contributed by atoms with van der Waals surface area (Å²) in [6.45, 7) is 9.36. The number of allylic oxidation sites excluding steroid dienone is 2. The van der Waals surface area contributed by atoms with Crippen LogP contribution in [0.4, 0.5) is 0 Å². The van der Waals surface area contributed by atoms with Crippen LogP contribution in [0, 0.1) is 5.41 Å². The maximum absolute atomic E-state index is 11.0. The molecule has 0 spiro atoms. The minimum Gasteiger partial charge on any atom is -0.300 e. The van der Waals surface area contributed by atoms with Gasteiger partial charge in [-0.3, -0.25) is 4.79 Å². The Hall–Kier alpha value is -0.920. The lowest BCUT2D eigenvalue weighted by Gasteiger charge is -2.27. The number of hydrogen-bond donors (Lipinski definition) is 0. The lowest BCUT2D eigenvalue weighted by Crippen LogP contribution is -2.20. The van der Waals surface area contributed by atoms with Crippen molar-refractivity contribution in [2.24, 2.45) is 5.41 Å². The van der Waals surface area contributed by atoms with Gasteiger partial charge in [-0.1, -0.05) is 19.4 Å². The summed E-state index contributed by atoms with van der Waals surface area (Å²) in [5.41, 5.74) is 1.43. The monoisotopic (exact) mass is 196 g/mol. The first-order chi connectivity index (χ1) is 6.23. The number of carbonyl (C=O) groups is 2. The summed E-state index contributed by atoms with van der Waals surface area (Å²) >= 11 is 0. The van der Waals surface area contributed by atoms with E-state index < -0.39 is 0 Å². The molecule has 0 radical (unpaired) electrons. The van der Waals surface area contributed by atoms with Gasteiger partial charge in [0.15, 0.2) is 5.78 Å². The van der Waals surface area contributed by atoms with E-state index in [-0.39, 0.29) is 17.0 Å². The first kappa shape index (κ1) is 13.1. The van der Waals surface area contributed by atoms with Crippen molar-refractivity contribution >= 4 is 11.6 Å². The van der Waals surface area contributed by atoms with E-state index >= 15 is 0 Å². The summed E-state index contributed by atoms with van der Waals surface area (Å²) in [6, 6.07) is 0. The van der Waals surface area contributed by atoms with Crippen LogP contribution < -0.4 is 0 Å². The Morgan fingerprint density at radius 3 is 2.00 bits per heavy atom. The van der Waals surface area contributed by atoms with E-state index in [4.69, 9.17) is 0 Å². The third-order valence-corrected chi connectivity index (χ3v) is 1.82. The van der Waals surface area contributed by atoms with Gasteiger partial charge in [0, 0.05) is 6.42 Å². The van der Waals surface area contributed by atoms with Crippen molar-refractivity contribution in [1.82, 2.24) is 0 Å². The third kappa shape index (κ3) is 6.58. The molecule has 0 aliphatic heterocycles. The number of ketones is 2. The van der Waals surface area contributed by atoms with Crippen molar-refractivity contribution in [3.05, 3.63) is 11.6 Å². The molecule has 1 aliphatic carbocycles. The molecule has 14 heavy (non-hydrogen) atoms. The molecule has 0 aromatic rings. The molecular weight excluding hydrogens is 176 g/mol. The fourth-order valence-electron chi connectivity index (χ4n) is 1.67. The average Bonchev–Trinajstić information content (AvgIpc) is 1.76. The lowest BCUT2D eigenvalue weighted by molar-refractivity contribution is -0.117. The fraction of sp³-hybridized carbons (Fsp3) is 0.667. The number of hydrogen-bond acceptors (Lipinski definition) is 2. The van der Waals surface area contributed by atoms with E-state index in [1.54, 1.807) is 6.08 Å². The van der Waals surface area contributed by atoms with Crippen LogP contribution in [0.15, 0.2) is 11.6 Å². The van der Waals surface area contributed by atoms with Crippen LogP contribution in [-0.2, 0) is 9.59 Å². The van der Waals surface area contributed by atoms with Gasteiger partial charge in [0.25, 0.3) is 0 Å². The van der Waals surface area contributed by atoms with E-state index in [1.807, 2.05) is 6.92 Å². The number of carbonyl (C=O) groups excluding carboxylic acids is 2. The Kier molecular flexibility index (Phi) is 4.75. The molecule has 2 heteroatoms. The van der Waals surface area contributed by atoms with E-state index in [0.717, 1.165) is 6.42 Å². The summed E-state index contributed by atoms with van der Waals surface area (Å²) in [6.07, 6.45) is 3.55. The SMILES string of the molecule is CC(C)=O.CC1=CC(=O)CC(C)(C)C1. The second-order valence-electron chi connectivity index (χ2n) is 4.88. The van der Waals surface area contributed by atoms with Crippen molar-refractivity contribution in [3.63, 3.8) is 0 Å². The minimum absolute atomic E-state index is 0.167. The fourth-order valence-corrected chi connectivity index (χ4v) is 1.67. The van der Waals surface area contributed by atoms with E-state index in [0.29, 0.717) is 6.42 Å². The van der Waals surface area contributed by atoms with Gasteiger partial charge >= 0.3 is 0 Å². The van der Waals surface area contributed by atoms with Crippen LogP contribution in [0.1, 0.15) is 47.5 Å². The zero-order chi connectivity index (χ0) is 11.4. The smallest absolute Gasteiger partial charge is 0.156 e. The van der Waals surface area contributed by atoms with E-state index in [1.165, 1.54) is 19.4 Å². The van der Waals surface area contributed by atoms with Gasteiger partial charge in [0.1, 0.15) is 5.78 Å². The first-order valence-electron chi connectivity index (χ1n) is 4.90. The molecule has 0 fully saturated rings. The quantitative estimate of drug-likeness (QED) is 0.597. The van der Waals surface area contributed by atoms with Gasteiger partial charge in [-0.15, -0.1) is 0 Å². The highest BCUT2D eigenvalue weighted by Gasteiger charge is 2.25. The number of Topliss-reactive ketones (excluding diaryl/α,β-unsaturated/α-hetero) is 1. The standard InChI is InChI=1S/C9H14O.C3H6O/c1-7-4-8(10)6-9(2,3)5-7;1-3(2)4/h4H,5-6H2,1-3H3;1-2H3. The normalized spacial score (nSPS) is 19.2. The van der Waals surface area contributed by atoms with Crippen LogP contribution in [0.5, 0.6) is 0 Å². The Balaban J connectivity index is 0.000000364. The molecule has 0 saturated carbocycles. The van der Waals surface area contributed by atoms with Crippen molar-refractivity contribution in [3.8, 4) is 0 Å². The molecule has 2 nitrogen and oxygen atoms in total. The Morgan fingerprint density at radius 1 is 1.29 bits per heavy atom. The summed E-state index contributed by atoms with van der Waals surface area (Å²) < 4.78 is 0. The summed E-state index contributed by atoms with van der Waals surface area (Å²) in [4.78, 5) is 20.5. The Morgan fingerprint density at radius 2 is 1.71 bits per heavy atom. The largest absolute Gasteiger partial charge is 0.300 e. The lowest BCUT2D eigenvalue weighted by atomic mass is 9.77. The predicted octanol–water partition coefficient (Wildman–Crippen LogP) is 2.92. The molecule has 1 aliphatic rings. The summed E-state index contributed by atoms with van der Waals surface area (Å²) in [5, 5.41) is 0. The molecular formula is C12H20O2. The topological polar surface area (TPSA) is 34.1 Å². The van der Waals surface area contributed by atoms with Gasteiger partial charge in [-0.2, -0.15) is 0 Å². The van der Waals surface area contributed by atoms with Crippen LogP contribution in [0.3, 0.4) is 0 Å². The second kappa shape index (κ2) is 5.08. The minimum atomic E-state index is 0.167. The predicted molar refractivity (Wildman–Crippen MR) is 58.1 cm³/mol. The maximum atomic E-state index is 11.0. The highest BCUT2D eigenvalue weighted by Crippen LogP contribution is 2.32. The van der Waals surface area contributed by atoms with Crippen molar-refractivity contribution in [2.75, 3.05) is 0 Å². The second-order valence-corrected chi connectivity index (χ2v) is 4.88. The molecule has 0 saturated heterocycles. The van der Waals surface area contributed by atoms with Crippen LogP contribution in [-0.4, -0.2) is 11.6 Å². The number of rotatable bonds is 0. The van der Waals surface area contributed by atoms with Gasteiger partial charge in [-0.05, 0) is 38.7 Å². The van der Waals surface area contributed by atoms with E-state index in [2.05, 4.69) is 13.8 Å². The Bertz CT molecular complexity index is 255. The maximum Gasteiger partial charge on any atom is 0.156 e. The molecule has 0 amide bonds. The molecule has 0 atom stereocenters. The molecule has 0 N–H and O–H groups in total. The van der Waals surface area contributed by atoms with Crippen molar-refractivity contribution in [2.45, 2.75) is 47.5 Å². The van der Waals surface area contributed by atoms with Crippen molar-refractivity contribution in [1.29, 1.82) is 0 Å². The zero-order valence-electron chi connectivity index (χ0n) is 9.81. The Labute approximate surface area is 86.4 Å². The van der Waals surface area contributed by atoms with Gasteiger partial charge in [0.05, 0.1) is 0 Å². The molecule has 1 rings (SSSR count). The highest BCUT2D eigenvalue weighted by molar-refractivity contribution is 5.91. The molecule has 0 aromatic carbocycles. The van der Waals surface area contributed by atoms with Crippen LogP contribution in [0.25, 0.3) is 0 Å². The first-order valence-corrected chi connectivity index (χ1v) is 4.90. The average molecular weight is 196 g/mol. The van der Waals surface area contributed by atoms with Gasteiger partial charge in [0.2, 0.25) is 0 Å². The van der Waals surface area contributed by atoms with Crippen molar-refractivity contribution < 1.29 is 9.59 Å². The summed E-state index contributed by atoms with van der Waals surface area (Å²) in [7, 11) is 0. The molecule has 0 heterocycles. The van der Waals surface area contributed by atoms with Gasteiger partial charge in [-0.25, -0.2) is 0 Å².